The smallest absolute Gasteiger partial charge is 0.410 e. The first-order valence-corrected chi connectivity index (χ1v) is 14.1. The van der Waals surface area contributed by atoms with Crippen LogP contribution in [0.5, 0.6) is 17.2 Å². The number of aromatic nitrogens is 1. The van der Waals surface area contributed by atoms with E-state index in [1.54, 1.807) is 65.6 Å². The second-order valence-electron chi connectivity index (χ2n) is 10.8. The number of hydrogen-bond acceptors (Lipinski definition) is 8. The molecule has 4 rings (SSSR count). The third-order valence-electron chi connectivity index (χ3n) is 6.35. The fraction of sp³-hybridized carbons (Fsp3) is 0.355. The van der Waals surface area contributed by atoms with Crippen molar-refractivity contribution in [2.75, 3.05) is 57.0 Å². The Morgan fingerprint density at radius 1 is 0.837 bits per heavy atom. The van der Waals surface area contributed by atoms with Crippen molar-refractivity contribution in [3.05, 3.63) is 72.6 Å². The number of benzene rings is 2. The molecule has 2 heterocycles. The van der Waals surface area contributed by atoms with E-state index in [-0.39, 0.29) is 17.7 Å². The number of nitrogens with zero attached hydrogens (tertiary/aromatic N) is 3. The Labute approximate surface area is 251 Å². The Hall–Kier alpha value is -4.84. The largest absolute Gasteiger partial charge is 0.492 e. The molecule has 4 amide bonds. The molecule has 3 N–H and O–H groups in total. The van der Waals surface area contributed by atoms with Gasteiger partial charge in [0.25, 0.3) is 5.91 Å². The third-order valence-corrected chi connectivity index (χ3v) is 6.35. The summed E-state index contributed by atoms with van der Waals surface area (Å²) >= 11 is 0. The summed E-state index contributed by atoms with van der Waals surface area (Å²) < 4.78 is 17.1. The van der Waals surface area contributed by atoms with Gasteiger partial charge in [0.05, 0.1) is 0 Å². The number of hydrogen-bond donors (Lipinski definition) is 3. The number of pyridine rings is 1. The van der Waals surface area contributed by atoms with Crippen LogP contribution in [0.2, 0.25) is 0 Å². The van der Waals surface area contributed by atoms with E-state index in [2.05, 4.69) is 25.8 Å². The second kappa shape index (κ2) is 14.4. The molecule has 0 aliphatic carbocycles. The van der Waals surface area contributed by atoms with Gasteiger partial charge in [-0.25, -0.2) is 9.59 Å². The van der Waals surface area contributed by atoms with Crippen molar-refractivity contribution in [1.82, 2.24) is 20.1 Å². The van der Waals surface area contributed by atoms with E-state index in [0.717, 1.165) is 19.6 Å². The summed E-state index contributed by atoms with van der Waals surface area (Å²) in [5.74, 6) is 1.41. The molecule has 1 saturated heterocycles. The van der Waals surface area contributed by atoms with E-state index < -0.39 is 11.6 Å². The number of amides is 4. The van der Waals surface area contributed by atoms with E-state index in [0.29, 0.717) is 48.3 Å². The molecule has 1 aliphatic heterocycles. The zero-order chi connectivity index (χ0) is 30.8. The van der Waals surface area contributed by atoms with E-state index in [9.17, 15) is 14.4 Å². The molecular formula is C31H38N6O6. The highest BCUT2D eigenvalue weighted by molar-refractivity contribution is 5.99. The standard InChI is InChI=1S/C31H38N6O6/c1-31(2,3)43-30(40)37-17-15-36(16-18-37)19-20-41-24-9-5-22(6-10-24)34-29(39)35-23-7-11-25(12-8-23)42-26-13-14-33-27(21-26)28(38)32-4/h5-14,21H,15-20H2,1-4H3,(H,32,38)(H2,34,35,39). The van der Waals surface area contributed by atoms with Crippen molar-refractivity contribution in [3.8, 4) is 17.2 Å². The predicted octanol–water partition coefficient (Wildman–Crippen LogP) is 4.81. The Morgan fingerprint density at radius 3 is 2.02 bits per heavy atom. The molecule has 0 saturated carbocycles. The quantitative estimate of drug-likeness (QED) is 0.323. The number of nitrogens with one attached hydrogen (secondary N) is 3. The molecule has 0 spiro atoms. The first-order chi connectivity index (χ1) is 20.6. The van der Waals surface area contributed by atoms with Crippen LogP contribution >= 0.6 is 0 Å². The van der Waals surface area contributed by atoms with Crippen LogP contribution in [0.4, 0.5) is 21.0 Å². The number of carbonyl (C=O) groups excluding carboxylic acids is 3. The van der Waals surface area contributed by atoms with Crippen LogP contribution in [0.25, 0.3) is 0 Å². The minimum Gasteiger partial charge on any atom is -0.492 e. The Balaban J connectivity index is 1.16. The molecule has 2 aromatic carbocycles. The van der Waals surface area contributed by atoms with Gasteiger partial charge in [-0.15, -0.1) is 0 Å². The first kappa shape index (κ1) is 31.1. The lowest BCUT2D eigenvalue weighted by atomic mass is 10.2. The summed E-state index contributed by atoms with van der Waals surface area (Å²) in [4.78, 5) is 44.5. The van der Waals surface area contributed by atoms with Crippen molar-refractivity contribution in [1.29, 1.82) is 0 Å². The molecule has 43 heavy (non-hydrogen) atoms. The number of rotatable bonds is 9. The maximum absolute atomic E-state index is 12.5. The van der Waals surface area contributed by atoms with Crippen molar-refractivity contribution >= 4 is 29.4 Å². The average molecular weight is 591 g/mol. The highest BCUT2D eigenvalue weighted by Crippen LogP contribution is 2.24. The van der Waals surface area contributed by atoms with E-state index >= 15 is 0 Å². The van der Waals surface area contributed by atoms with Gasteiger partial charge in [0, 0.05) is 63.4 Å². The van der Waals surface area contributed by atoms with Crippen molar-refractivity contribution in [2.45, 2.75) is 26.4 Å². The molecule has 12 heteroatoms. The Kier molecular flexibility index (Phi) is 10.4. The lowest BCUT2D eigenvalue weighted by Crippen LogP contribution is -2.50. The molecule has 228 valence electrons. The number of carbonyl (C=O) groups is 3. The Morgan fingerprint density at radius 2 is 1.44 bits per heavy atom. The van der Waals surface area contributed by atoms with Gasteiger partial charge < -0.3 is 35.1 Å². The highest BCUT2D eigenvalue weighted by Gasteiger charge is 2.25. The number of urea groups is 1. The van der Waals surface area contributed by atoms with Crippen LogP contribution in [0.15, 0.2) is 66.9 Å². The summed E-state index contributed by atoms with van der Waals surface area (Å²) in [5, 5.41) is 8.10. The van der Waals surface area contributed by atoms with Crippen LogP contribution in [0.1, 0.15) is 31.3 Å². The van der Waals surface area contributed by atoms with Crippen molar-refractivity contribution < 1.29 is 28.6 Å². The molecule has 0 radical (unpaired) electrons. The van der Waals surface area contributed by atoms with Gasteiger partial charge in [-0.05, 0) is 75.4 Å². The number of piperazine rings is 1. The average Bonchev–Trinajstić information content (AvgIpc) is 2.98. The third kappa shape index (κ3) is 9.89. The maximum atomic E-state index is 12.5. The lowest BCUT2D eigenvalue weighted by Gasteiger charge is -2.35. The molecule has 1 aliphatic rings. The predicted molar refractivity (Wildman–Crippen MR) is 163 cm³/mol. The van der Waals surface area contributed by atoms with Gasteiger partial charge in [-0.2, -0.15) is 0 Å². The molecule has 1 fully saturated rings. The summed E-state index contributed by atoms with van der Waals surface area (Å²) in [7, 11) is 1.53. The summed E-state index contributed by atoms with van der Waals surface area (Å²) in [6.07, 6.45) is 1.23. The fourth-order valence-electron chi connectivity index (χ4n) is 4.17. The summed E-state index contributed by atoms with van der Waals surface area (Å²) in [6, 6.07) is 16.8. The molecule has 0 atom stereocenters. The normalized spacial score (nSPS) is 13.5. The molecule has 12 nitrogen and oxygen atoms in total. The molecule has 1 aromatic heterocycles. The lowest BCUT2D eigenvalue weighted by molar-refractivity contribution is 0.0137. The zero-order valence-electron chi connectivity index (χ0n) is 24.9. The van der Waals surface area contributed by atoms with E-state index in [1.165, 1.54) is 13.2 Å². The first-order valence-electron chi connectivity index (χ1n) is 14.1. The second-order valence-corrected chi connectivity index (χ2v) is 10.8. The number of ether oxygens (including phenoxy) is 3. The summed E-state index contributed by atoms with van der Waals surface area (Å²) in [5.41, 5.74) is 0.954. The minimum atomic E-state index is -0.496. The van der Waals surface area contributed by atoms with Crippen LogP contribution in [-0.4, -0.2) is 84.8 Å². The highest BCUT2D eigenvalue weighted by atomic mass is 16.6. The van der Waals surface area contributed by atoms with Gasteiger partial charge in [-0.1, -0.05) is 0 Å². The van der Waals surface area contributed by atoms with Crippen LogP contribution in [-0.2, 0) is 4.74 Å². The van der Waals surface area contributed by atoms with Gasteiger partial charge >= 0.3 is 12.1 Å². The Bertz CT molecular complexity index is 1380. The molecule has 3 aromatic rings. The van der Waals surface area contributed by atoms with Gasteiger partial charge in [0.15, 0.2) is 0 Å². The zero-order valence-corrected chi connectivity index (χ0v) is 24.9. The summed E-state index contributed by atoms with van der Waals surface area (Å²) in [6.45, 7) is 9.64. The van der Waals surface area contributed by atoms with Gasteiger partial charge in [0.1, 0.15) is 35.2 Å². The maximum Gasteiger partial charge on any atom is 0.410 e. The van der Waals surface area contributed by atoms with E-state index in [1.807, 2.05) is 20.8 Å². The minimum absolute atomic E-state index is 0.251. The van der Waals surface area contributed by atoms with Crippen molar-refractivity contribution in [2.24, 2.45) is 0 Å². The molecule has 0 bridgehead atoms. The number of anilines is 2. The van der Waals surface area contributed by atoms with Crippen LogP contribution < -0.4 is 25.4 Å². The van der Waals surface area contributed by atoms with Gasteiger partial charge in [-0.3, -0.25) is 14.7 Å². The monoisotopic (exact) mass is 590 g/mol. The molecule has 0 unspecified atom stereocenters. The van der Waals surface area contributed by atoms with Crippen LogP contribution in [0, 0.1) is 0 Å². The van der Waals surface area contributed by atoms with Crippen molar-refractivity contribution in [3.63, 3.8) is 0 Å². The van der Waals surface area contributed by atoms with Crippen LogP contribution in [0.3, 0.4) is 0 Å². The molecular weight excluding hydrogens is 552 g/mol. The SMILES string of the molecule is CNC(=O)c1cc(Oc2ccc(NC(=O)Nc3ccc(OCCN4CCN(C(=O)OC(C)(C)C)CC4)cc3)cc2)ccn1. The van der Waals surface area contributed by atoms with Gasteiger partial charge in [0.2, 0.25) is 0 Å². The fourth-order valence-corrected chi connectivity index (χ4v) is 4.17. The topological polar surface area (TPSA) is 134 Å². The van der Waals surface area contributed by atoms with E-state index in [4.69, 9.17) is 14.2 Å².